The quantitative estimate of drug-likeness (QED) is 0.609. The molecular formula is C22H26N4O. The van der Waals surface area contributed by atoms with Gasteiger partial charge in [-0.15, -0.1) is 0 Å². The molecule has 0 saturated heterocycles. The summed E-state index contributed by atoms with van der Waals surface area (Å²) < 4.78 is 5.48. The van der Waals surface area contributed by atoms with Crippen LogP contribution in [0, 0.1) is 0 Å². The molecule has 2 aromatic carbocycles. The van der Waals surface area contributed by atoms with Gasteiger partial charge < -0.3 is 15.0 Å². The molecule has 3 aromatic rings. The number of aromatic nitrogens is 2. The molecule has 0 radical (unpaired) electrons. The van der Waals surface area contributed by atoms with E-state index in [1.807, 2.05) is 43.3 Å². The minimum atomic E-state index is 0.283. The summed E-state index contributed by atoms with van der Waals surface area (Å²) >= 11 is 0. The molecule has 0 unspecified atom stereocenters. The second-order valence-corrected chi connectivity index (χ2v) is 6.53. The molecule has 0 bridgehead atoms. The highest BCUT2D eigenvalue weighted by atomic mass is 16.5. The van der Waals surface area contributed by atoms with Crippen LogP contribution in [0.1, 0.15) is 26.3 Å². The maximum Gasteiger partial charge on any atom is 0.227 e. The van der Waals surface area contributed by atoms with Crippen LogP contribution in [-0.4, -0.2) is 22.6 Å². The Kier molecular flexibility index (Phi) is 6.26. The highest BCUT2D eigenvalue weighted by Gasteiger charge is 2.14. The first-order valence-corrected chi connectivity index (χ1v) is 9.29. The lowest BCUT2D eigenvalue weighted by molar-refractivity contribution is 0.340. The second-order valence-electron chi connectivity index (χ2n) is 6.53. The van der Waals surface area contributed by atoms with Crippen molar-refractivity contribution in [2.24, 2.45) is 0 Å². The minimum Gasteiger partial charge on any atom is -0.494 e. The predicted octanol–water partition coefficient (Wildman–Crippen LogP) is 5.03. The van der Waals surface area contributed by atoms with Gasteiger partial charge in [-0.3, -0.25) is 0 Å². The Balaban J connectivity index is 1.76. The molecule has 0 aliphatic carbocycles. The van der Waals surface area contributed by atoms with Crippen molar-refractivity contribution in [3.63, 3.8) is 0 Å². The van der Waals surface area contributed by atoms with E-state index in [-0.39, 0.29) is 6.04 Å². The van der Waals surface area contributed by atoms with Gasteiger partial charge in [0.25, 0.3) is 0 Å². The number of nitrogens with one attached hydrogen (secondary N) is 1. The Morgan fingerprint density at radius 1 is 1.00 bits per heavy atom. The topological polar surface area (TPSA) is 50.3 Å². The molecule has 0 amide bonds. The SMILES string of the molecule is CCOc1ccc(Nc2ccnc(N(Cc3ccccc3)C(C)C)n2)cc1. The summed E-state index contributed by atoms with van der Waals surface area (Å²) in [6, 6.07) is 20.4. The average molecular weight is 362 g/mol. The Labute approximate surface area is 161 Å². The lowest BCUT2D eigenvalue weighted by atomic mass is 10.2. The van der Waals surface area contributed by atoms with E-state index in [9.17, 15) is 0 Å². The van der Waals surface area contributed by atoms with E-state index < -0.39 is 0 Å². The molecule has 27 heavy (non-hydrogen) atoms. The van der Waals surface area contributed by atoms with Crippen molar-refractivity contribution in [1.82, 2.24) is 9.97 Å². The monoisotopic (exact) mass is 362 g/mol. The van der Waals surface area contributed by atoms with Crippen molar-refractivity contribution in [1.29, 1.82) is 0 Å². The van der Waals surface area contributed by atoms with Gasteiger partial charge in [-0.05, 0) is 56.7 Å². The number of hydrogen-bond acceptors (Lipinski definition) is 5. The van der Waals surface area contributed by atoms with E-state index in [0.717, 1.165) is 23.8 Å². The van der Waals surface area contributed by atoms with Crippen molar-refractivity contribution in [2.75, 3.05) is 16.8 Å². The van der Waals surface area contributed by atoms with E-state index in [4.69, 9.17) is 9.72 Å². The van der Waals surface area contributed by atoms with Crippen LogP contribution in [0.2, 0.25) is 0 Å². The molecular weight excluding hydrogens is 336 g/mol. The van der Waals surface area contributed by atoms with Crippen LogP contribution >= 0.6 is 0 Å². The molecule has 0 aliphatic heterocycles. The third-order valence-corrected chi connectivity index (χ3v) is 4.16. The Bertz CT molecular complexity index is 834. The first-order valence-electron chi connectivity index (χ1n) is 9.29. The molecule has 1 N–H and O–H groups in total. The molecule has 0 atom stereocenters. The zero-order valence-electron chi connectivity index (χ0n) is 16.1. The van der Waals surface area contributed by atoms with Gasteiger partial charge in [0.05, 0.1) is 6.61 Å². The summed E-state index contributed by atoms with van der Waals surface area (Å²) in [6.45, 7) is 7.71. The molecule has 0 saturated carbocycles. The summed E-state index contributed by atoms with van der Waals surface area (Å²) in [5, 5.41) is 3.34. The lowest BCUT2D eigenvalue weighted by Crippen LogP contribution is -2.31. The maximum atomic E-state index is 5.48. The van der Waals surface area contributed by atoms with E-state index in [2.05, 4.69) is 53.3 Å². The average Bonchev–Trinajstić information content (AvgIpc) is 2.69. The molecule has 1 aromatic heterocycles. The fourth-order valence-electron chi connectivity index (χ4n) is 2.77. The van der Waals surface area contributed by atoms with E-state index in [1.54, 1.807) is 6.20 Å². The number of rotatable bonds is 8. The van der Waals surface area contributed by atoms with Gasteiger partial charge in [0, 0.05) is 24.5 Å². The van der Waals surface area contributed by atoms with Crippen molar-refractivity contribution in [3.8, 4) is 5.75 Å². The van der Waals surface area contributed by atoms with E-state index in [1.165, 1.54) is 5.56 Å². The highest BCUT2D eigenvalue weighted by molar-refractivity contribution is 5.58. The Morgan fingerprint density at radius 3 is 2.41 bits per heavy atom. The van der Waals surface area contributed by atoms with Crippen molar-refractivity contribution < 1.29 is 4.74 Å². The summed E-state index contributed by atoms with van der Waals surface area (Å²) in [5.74, 6) is 2.34. The molecule has 140 valence electrons. The minimum absolute atomic E-state index is 0.283. The van der Waals surface area contributed by atoms with Crippen LogP contribution in [0.4, 0.5) is 17.5 Å². The lowest BCUT2D eigenvalue weighted by Gasteiger charge is -2.27. The van der Waals surface area contributed by atoms with Gasteiger partial charge in [0.1, 0.15) is 11.6 Å². The summed E-state index contributed by atoms with van der Waals surface area (Å²) in [4.78, 5) is 11.4. The summed E-state index contributed by atoms with van der Waals surface area (Å²) in [5.41, 5.74) is 2.20. The first kappa shape index (κ1) is 18.7. The largest absolute Gasteiger partial charge is 0.494 e. The van der Waals surface area contributed by atoms with Gasteiger partial charge >= 0.3 is 0 Å². The molecule has 1 heterocycles. The fourth-order valence-corrected chi connectivity index (χ4v) is 2.77. The maximum absolute atomic E-state index is 5.48. The third-order valence-electron chi connectivity index (χ3n) is 4.16. The van der Waals surface area contributed by atoms with Crippen LogP contribution in [0.15, 0.2) is 66.9 Å². The van der Waals surface area contributed by atoms with Crippen LogP contribution in [0.3, 0.4) is 0 Å². The van der Waals surface area contributed by atoms with Crippen LogP contribution in [0.25, 0.3) is 0 Å². The highest BCUT2D eigenvalue weighted by Crippen LogP contribution is 2.21. The number of anilines is 3. The molecule has 0 spiro atoms. The number of nitrogens with zero attached hydrogens (tertiary/aromatic N) is 3. The van der Waals surface area contributed by atoms with Gasteiger partial charge in [0.2, 0.25) is 5.95 Å². The van der Waals surface area contributed by atoms with Gasteiger partial charge in [-0.25, -0.2) is 4.98 Å². The van der Waals surface area contributed by atoms with Gasteiger partial charge in [0.15, 0.2) is 0 Å². The summed E-state index contributed by atoms with van der Waals surface area (Å²) in [6.07, 6.45) is 1.79. The van der Waals surface area contributed by atoms with Crippen molar-refractivity contribution in [2.45, 2.75) is 33.4 Å². The summed E-state index contributed by atoms with van der Waals surface area (Å²) in [7, 11) is 0. The van der Waals surface area contributed by atoms with E-state index >= 15 is 0 Å². The second kappa shape index (κ2) is 9.03. The number of hydrogen-bond donors (Lipinski definition) is 1. The van der Waals surface area contributed by atoms with Crippen LogP contribution < -0.4 is 15.0 Å². The number of ether oxygens (including phenoxy) is 1. The molecule has 3 rings (SSSR count). The molecule has 0 aliphatic rings. The number of benzene rings is 2. The van der Waals surface area contributed by atoms with E-state index in [0.29, 0.717) is 12.6 Å². The van der Waals surface area contributed by atoms with Crippen LogP contribution in [0.5, 0.6) is 5.75 Å². The van der Waals surface area contributed by atoms with Crippen molar-refractivity contribution >= 4 is 17.5 Å². The zero-order chi connectivity index (χ0) is 19.1. The van der Waals surface area contributed by atoms with Crippen LogP contribution in [-0.2, 0) is 6.54 Å². The first-order chi connectivity index (χ1) is 13.2. The molecule has 5 nitrogen and oxygen atoms in total. The Morgan fingerprint density at radius 2 is 1.74 bits per heavy atom. The fraction of sp³-hybridized carbons (Fsp3) is 0.273. The standard InChI is InChI=1S/C22H26N4O/c1-4-27-20-12-10-19(11-13-20)24-21-14-15-23-22(25-21)26(17(2)3)16-18-8-6-5-7-9-18/h5-15,17H,4,16H2,1-3H3,(H,23,24,25). The normalized spacial score (nSPS) is 10.7. The Hall–Kier alpha value is -3.08. The van der Waals surface area contributed by atoms with Crippen molar-refractivity contribution in [3.05, 3.63) is 72.4 Å². The smallest absolute Gasteiger partial charge is 0.227 e. The molecule has 0 fully saturated rings. The zero-order valence-corrected chi connectivity index (χ0v) is 16.1. The third kappa shape index (κ3) is 5.20. The molecule has 5 heteroatoms. The van der Waals surface area contributed by atoms with Gasteiger partial charge in [-0.2, -0.15) is 4.98 Å². The predicted molar refractivity (Wildman–Crippen MR) is 111 cm³/mol. The van der Waals surface area contributed by atoms with Gasteiger partial charge in [-0.1, -0.05) is 30.3 Å².